The molecule has 0 bridgehead atoms. The molecule has 21 heavy (non-hydrogen) atoms. The van der Waals surface area contributed by atoms with Gasteiger partial charge in [-0.15, -0.1) is 0 Å². The molecule has 5 heterocycles. The summed E-state index contributed by atoms with van der Waals surface area (Å²) in [6, 6.07) is 3.77. The Hall–Kier alpha value is -2.69. The van der Waals surface area contributed by atoms with Gasteiger partial charge in [0, 0.05) is 30.4 Å². The van der Waals surface area contributed by atoms with Crippen LogP contribution in [0.4, 0.5) is 0 Å². The summed E-state index contributed by atoms with van der Waals surface area (Å²) < 4.78 is 29.5. The molecule has 0 fully saturated rings. The van der Waals surface area contributed by atoms with Gasteiger partial charge in [0.05, 0.1) is 35.6 Å². The van der Waals surface area contributed by atoms with Crippen molar-refractivity contribution in [1.29, 1.82) is 0 Å². The predicted molar refractivity (Wildman–Crippen MR) is 79.7 cm³/mol. The number of hydrogen-bond acceptors (Lipinski definition) is 2. The third-order valence-electron chi connectivity index (χ3n) is 4.36. The summed E-state index contributed by atoms with van der Waals surface area (Å²) in [4.78, 5) is 8.44. The van der Waals surface area contributed by atoms with Crippen molar-refractivity contribution < 1.29 is 8.68 Å². The van der Waals surface area contributed by atoms with Gasteiger partial charge in [-0.2, -0.15) is 0 Å². The number of aromatic nitrogens is 5. The van der Waals surface area contributed by atoms with E-state index in [0.29, 0.717) is 17.7 Å². The number of imidazole rings is 1. The Morgan fingerprint density at radius 3 is 3.00 bits per heavy atom. The van der Waals surface area contributed by atoms with E-state index in [2.05, 4.69) is 14.5 Å². The first-order chi connectivity index (χ1) is 11.5. The molecule has 0 aliphatic carbocycles. The smallest absolute Gasteiger partial charge is 0.264 e. The average molecular weight is 279 g/mol. The maximum atomic E-state index is 7.99. The maximum Gasteiger partial charge on any atom is 0.269 e. The van der Waals surface area contributed by atoms with Gasteiger partial charge in [-0.05, 0) is 12.1 Å². The third-order valence-corrected chi connectivity index (χ3v) is 4.36. The molecule has 0 saturated carbocycles. The van der Waals surface area contributed by atoms with Gasteiger partial charge in [-0.3, -0.25) is 14.5 Å². The van der Waals surface area contributed by atoms with Crippen molar-refractivity contribution in [2.24, 2.45) is 14.0 Å². The second kappa shape index (κ2) is 3.49. The molecule has 0 N–H and O–H groups in total. The van der Waals surface area contributed by atoms with Crippen molar-refractivity contribution in [2.45, 2.75) is 6.54 Å². The molecule has 0 unspecified atom stereocenters. The van der Waals surface area contributed by atoms with Gasteiger partial charge in [0.2, 0.25) is 5.82 Å². The van der Waals surface area contributed by atoms with Crippen LogP contribution in [0.3, 0.4) is 0 Å². The van der Waals surface area contributed by atoms with E-state index in [0.717, 1.165) is 22.3 Å². The molecular formula is C16H14N5+. The minimum Gasteiger partial charge on any atom is -0.264 e. The lowest BCUT2D eigenvalue weighted by Gasteiger charge is -1.98. The van der Waals surface area contributed by atoms with Crippen molar-refractivity contribution in [1.82, 2.24) is 19.1 Å². The molecule has 5 heteroatoms. The molecule has 5 nitrogen and oxygen atoms in total. The van der Waals surface area contributed by atoms with Crippen LogP contribution in [-0.2, 0) is 20.6 Å². The van der Waals surface area contributed by atoms with Gasteiger partial charge >= 0.3 is 0 Å². The van der Waals surface area contributed by atoms with Crippen molar-refractivity contribution in [3.63, 3.8) is 0 Å². The Bertz CT molecular complexity index is 1140. The lowest BCUT2D eigenvalue weighted by molar-refractivity contribution is -0.636. The minimum atomic E-state index is -2.26. The zero-order valence-electron chi connectivity index (χ0n) is 14.4. The van der Waals surface area contributed by atoms with Crippen LogP contribution in [0.25, 0.3) is 33.5 Å². The molecule has 0 saturated heterocycles. The highest BCUT2D eigenvalue weighted by molar-refractivity contribution is 6.04. The number of nitrogens with zero attached hydrogens (tertiary/aromatic N) is 5. The van der Waals surface area contributed by atoms with Crippen LogP contribution in [0.1, 0.15) is 9.68 Å². The molecule has 102 valence electrons. The summed E-state index contributed by atoms with van der Waals surface area (Å²) in [5.41, 5.74) is 4.50. The molecule has 4 aromatic heterocycles. The Labute approximate surface area is 125 Å². The van der Waals surface area contributed by atoms with Crippen molar-refractivity contribution in [3.05, 3.63) is 42.5 Å². The molecule has 0 spiro atoms. The molecular weight excluding hydrogens is 262 g/mol. The Morgan fingerprint density at radius 1 is 1.24 bits per heavy atom. The van der Waals surface area contributed by atoms with E-state index in [4.69, 9.17) is 4.11 Å². The normalized spacial score (nSPS) is 15.8. The summed E-state index contributed by atoms with van der Waals surface area (Å²) in [7, 11) is 1.91. The highest BCUT2D eigenvalue weighted by Gasteiger charge is 2.34. The second-order valence-corrected chi connectivity index (χ2v) is 5.40. The summed E-state index contributed by atoms with van der Waals surface area (Å²) in [6.45, 7) is -1.56. The van der Waals surface area contributed by atoms with E-state index in [1.54, 1.807) is 24.7 Å². The number of hydrogen-bond donors (Lipinski definition) is 0. The zero-order valence-corrected chi connectivity index (χ0v) is 11.4. The monoisotopic (exact) mass is 279 g/mol. The minimum absolute atomic E-state index is 0.676. The standard InChI is InChI=1S/C16H14N5/c1-19-13-4-6-18-8-12(13)14-16(19)20(2)15-11-7-17-5-3-10(11)9-21(14)15/h3-8H,9H2,1-2H3/q+1/i1D3. The van der Waals surface area contributed by atoms with Crippen LogP contribution in [-0.4, -0.2) is 19.1 Å². The first kappa shape index (κ1) is 8.56. The fraction of sp³-hybridized carbons (Fsp3) is 0.188. The Balaban J connectivity index is 2.02. The van der Waals surface area contributed by atoms with Crippen LogP contribution in [0.2, 0.25) is 0 Å². The largest absolute Gasteiger partial charge is 0.269 e. The third kappa shape index (κ3) is 1.15. The van der Waals surface area contributed by atoms with E-state index >= 15 is 0 Å². The van der Waals surface area contributed by atoms with Gasteiger partial charge in [-0.25, -0.2) is 9.13 Å². The lowest BCUT2D eigenvalue weighted by Crippen LogP contribution is -2.31. The van der Waals surface area contributed by atoms with Crippen LogP contribution in [0.15, 0.2) is 36.9 Å². The van der Waals surface area contributed by atoms with Gasteiger partial charge in [0.15, 0.2) is 5.52 Å². The number of fused-ring (bicyclic) bond motifs is 7. The first-order valence-corrected chi connectivity index (χ1v) is 6.79. The molecule has 1 aliphatic heterocycles. The second-order valence-electron chi connectivity index (χ2n) is 5.40. The molecule has 0 aromatic carbocycles. The Kier molecular flexibility index (Phi) is 1.42. The number of aryl methyl sites for hydroxylation is 2. The topological polar surface area (TPSA) is 39.5 Å². The predicted octanol–water partition coefficient (Wildman–Crippen LogP) is 1.78. The number of rotatable bonds is 0. The average Bonchev–Trinajstić information content (AvgIpc) is 3.15. The summed E-state index contributed by atoms with van der Waals surface area (Å²) in [6.07, 6.45) is 7.00. The quantitative estimate of drug-likeness (QED) is 0.405. The SMILES string of the molecule is [2H]C([2H])([2H])n1c2ccncc2c2c1[n+](C)c1n2Cc2ccncc2-1. The van der Waals surface area contributed by atoms with Gasteiger partial charge < -0.3 is 0 Å². The summed E-state index contributed by atoms with van der Waals surface area (Å²) in [5.74, 6) is 0.979. The molecule has 1 aliphatic rings. The molecule has 4 aromatic rings. The zero-order chi connectivity index (χ0) is 16.6. The summed E-state index contributed by atoms with van der Waals surface area (Å²) >= 11 is 0. The van der Waals surface area contributed by atoms with Gasteiger partial charge in [0.1, 0.15) is 5.52 Å². The number of pyridine rings is 2. The van der Waals surface area contributed by atoms with E-state index in [9.17, 15) is 0 Å². The maximum absolute atomic E-state index is 7.99. The van der Waals surface area contributed by atoms with E-state index < -0.39 is 6.98 Å². The fourth-order valence-corrected chi connectivity index (χ4v) is 3.48. The first-order valence-electron chi connectivity index (χ1n) is 8.29. The van der Waals surface area contributed by atoms with Crippen LogP contribution >= 0.6 is 0 Å². The lowest BCUT2D eigenvalue weighted by atomic mass is 10.2. The van der Waals surface area contributed by atoms with Crippen molar-refractivity contribution >= 4 is 22.1 Å². The fourth-order valence-electron chi connectivity index (χ4n) is 3.48. The van der Waals surface area contributed by atoms with Crippen molar-refractivity contribution in [3.8, 4) is 11.4 Å². The van der Waals surface area contributed by atoms with Crippen molar-refractivity contribution in [2.75, 3.05) is 0 Å². The highest BCUT2D eigenvalue weighted by Crippen LogP contribution is 2.36. The Morgan fingerprint density at radius 2 is 2.10 bits per heavy atom. The van der Waals surface area contributed by atoms with E-state index in [1.807, 2.05) is 23.9 Å². The van der Waals surface area contributed by atoms with E-state index in [-0.39, 0.29) is 0 Å². The molecule has 0 atom stereocenters. The van der Waals surface area contributed by atoms with Gasteiger partial charge in [0.25, 0.3) is 5.65 Å². The summed E-state index contributed by atoms with van der Waals surface area (Å²) in [5, 5.41) is 0.853. The highest BCUT2D eigenvalue weighted by atomic mass is 15.2. The van der Waals surface area contributed by atoms with E-state index in [1.165, 1.54) is 10.1 Å². The molecule has 0 amide bonds. The molecule has 5 rings (SSSR count). The molecule has 0 radical (unpaired) electrons. The van der Waals surface area contributed by atoms with Crippen LogP contribution in [0.5, 0.6) is 0 Å². The van der Waals surface area contributed by atoms with Gasteiger partial charge in [-0.1, -0.05) is 0 Å². The van der Waals surface area contributed by atoms with Crippen LogP contribution < -0.4 is 4.57 Å². The van der Waals surface area contributed by atoms with Crippen LogP contribution in [0, 0.1) is 0 Å².